The highest BCUT2D eigenvalue weighted by molar-refractivity contribution is 7.99. The van der Waals surface area contributed by atoms with Gasteiger partial charge >= 0.3 is 0 Å². The number of hydrogen-bond donors (Lipinski definition) is 1. The van der Waals surface area contributed by atoms with E-state index in [1.165, 1.54) is 18.6 Å². The highest BCUT2D eigenvalue weighted by Gasteiger charge is 2.24. The first kappa shape index (κ1) is 13.6. The second-order valence-electron chi connectivity index (χ2n) is 4.97. The molecule has 0 amide bonds. The first-order valence-electron chi connectivity index (χ1n) is 7.05. The summed E-state index contributed by atoms with van der Waals surface area (Å²) < 4.78 is 5.93. The van der Waals surface area contributed by atoms with Crippen molar-refractivity contribution in [2.75, 3.05) is 12.8 Å². The zero-order chi connectivity index (χ0) is 13.8. The number of aromatic nitrogens is 2. The predicted octanol–water partition coefficient (Wildman–Crippen LogP) is 3.34. The first-order chi connectivity index (χ1) is 9.88. The van der Waals surface area contributed by atoms with E-state index in [0.29, 0.717) is 11.1 Å². The van der Waals surface area contributed by atoms with Crippen LogP contribution >= 0.6 is 11.8 Å². The molecule has 1 aliphatic heterocycles. The zero-order valence-corrected chi connectivity index (χ0v) is 12.4. The molecule has 2 aromatic rings. The maximum absolute atomic E-state index is 5.93. The number of thioether (sulfide) groups is 1. The fourth-order valence-corrected chi connectivity index (χ4v) is 3.73. The van der Waals surface area contributed by atoms with Crippen LogP contribution in [0.4, 0.5) is 0 Å². The van der Waals surface area contributed by atoms with E-state index >= 15 is 0 Å². The number of benzene rings is 1. The molecule has 2 heterocycles. The molecule has 1 aromatic carbocycles. The van der Waals surface area contributed by atoms with Crippen molar-refractivity contribution in [2.24, 2.45) is 0 Å². The van der Waals surface area contributed by atoms with Crippen LogP contribution in [-0.2, 0) is 0 Å². The lowest BCUT2D eigenvalue weighted by Crippen LogP contribution is -2.17. The summed E-state index contributed by atoms with van der Waals surface area (Å²) in [5, 5.41) is 12.1. The maximum Gasteiger partial charge on any atom is 0.237 e. The van der Waals surface area contributed by atoms with Gasteiger partial charge in [0.25, 0.3) is 0 Å². The van der Waals surface area contributed by atoms with Crippen LogP contribution < -0.4 is 5.32 Å². The molecule has 0 aliphatic carbocycles. The van der Waals surface area contributed by atoms with Crippen molar-refractivity contribution in [3.05, 3.63) is 47.7 Å². The van der Waals surface area contributed by atoms with Crippen molar-refractivity contribution >= 4 is 11.8 Å². The third-order valence-electron chi connectivity index (χ3n) is 3.58. The Bertz CT molecular complexity index is 537. The van der Waals surface area contributed by atoms with Crippen molar-refractivity contribution in [3.63, 3.8) is 0 Å². The molecule has 1 saturated heterocycles. The fourth-order valence-electron chi connectivity index (χ4n) is 2.51. The minimum atomic E-state index is -0.0361. The van der Waals surface area contributed by atoms with E-state index < -0.39 is 0 Å². The van der Waals surface area contributed by atoms with Gasteiger partial charge in [-0.05, 0) is 31.2 Å². The summed E-state index contributed by atoms with van der Waals surface area (Å²) in [6.07, 6.45) is 3.69. The summed E-state index contributed by atoms with van der Waals surface area (Å²) in [6, 6.07) is 10.2. The van der Waals surface area contributed by atoms with Gasteiger partial charge in [0, 0.05) is 0 Å². The van der Waals surface area contributed by atoms with Crippen LogP contribution in [0, 0.1) is 0 Å². The average molecular weight is 289 g/mol. The van der Waals surface area contributed by atoms with Crippen LogP contribution in [-0.4, -0.2) is 23.0 Å². The van der Waals surface area contributed by atoms with Crippen molar-refractivity contribution in [3.8, 4) is 0 Å². The topological polar surface area (TPSA) is 51.0 Å². The van der Waals surface area contributed by atoms with Gasteiger partial charge in [-0.15, -0.1) is 22.0 Å². The van der Waals surface area contributed by atoms with E-state index in [1.54, 1.807) is 0 Å². The molecule has 2 unspecified atom stereocenters. The van der Waals surface area contributed by atoms with Gasteiger partial charge < -0.3 is 9.73 Å². The zero-order valence-electron chi connectivity index (χ0n) is 11.6. The molecule has 106 valence electrons. The largest absolute Gasteiger partial charge is 0.422 e. The Morgan fingerprint density at radius 2 is 2.10 bits per heavy atom. The van der Waals surface area contributed by atoms with E-state index in [4.69, 9.17) is 4.42 Å². The molecule has 4 nitrogen and oxygen atoms in total. The number of rotatable bonds is 4. The Hall–Kier alpha value is -1.33. The molecule has 5 heteroatoms. The Kier molecular flexibility index (Phi) is 4.38. The summed E-state index contributed by atoms with van der Waals surface area (Å²) >= 11 is 1.93. The van der Waals surface area contributed by atoms with Crippen LogP contribution in [0.25, 0.3) is 0 Å². The number of hydrogen-bond acceptors (Lipinski definition) is 5. The Balaban J connectivity index is 1.81. The monoisotopic (exact) mass is 289 g/mol. The summed E-state index contributed by atoms with van der Waals surface area (Å²) in [7, 11) is 1.91. The highest BCUT2D eigenvalue weighted by atomic mass is 32.2. The second kappa shape index (κ2) is 6.41. The van der Waals surface area contributed by atoms with Crippen LogP contribution in [0.15, 0.2) is 34.7 Å². The van der Waals surface area contributed by atoms with Crippen molar-refractivity contribution in [1.82, 2.24) is 15.5 Å². The second-order valence-corrected chi connectivity index (χ2v) is 6.28. The normalized spacial score (nSPS) is 20.8. The molecule has 1 N–H and O–H groups in total. The summed E-state index contributed by atoms with van der Waals surface area (Å²) in [5.74, 6) is 2.62. The highest BCUT2D eigenvalue weighted by Crippen LogP contribution is 2.38. The number of nitrogens with zero attached hydrogens (tertiary/aromatic N) is 2. The SMILES string of the molecule is CNC(c1ccccc1)c1nnc(C2CCCCS2)o1. The van der Waals surface area contributed by atoms with Crippen LogP contribution in [0.5, 0.6) is 0 Å². The lowest BCUT2D eigenvalue weighted by molar-refractivity contribution is 0.407. The summed E-state index contributed by atoms with van der Waals surface area (Å²) in [6.45, 7) is 0. The van der Waals surface area contributed by atoms with Crippen LogP contribution in [0.3, 0.4) is 0 Å². The molecule has 1 aromatic heterocycles. The fraction of sp³-hybridized carbons (Fsp3) is 0.467. The minimum absolute atomic E-state index is 0.0361. The Labute approximate surface area is 123 Å². The van der Waals surface area contributed by atoms with Gasteiger partial charge in [0.1, 0.15) is 6.04 Å². The van der Waals surface area contributed by atoms with Gasteiger partial charge in [-0.3, -0.25) is 0 Å². The van der Waals surface area contributed by atoms with E-state index in [1.807, 2.05) is 37.0 Å². The van der Waals surface area contributed by atoms with E-state index in [0.717, 1.165) is 17.9 Å². The number of nitrogens with one attached hydrogen (secondary N) is 1. The van der Waals surface area contributed by atoms with Gasteiger partial charge in [0.15, 0.2) is 0 Å². The first-order valence-corrected chi connectivity index (χ1v) is 8.10. The molecule has 0 radical (unpaired) electrons. The van der Waals surface area contributed by atoms with Gasteiger partial charge in [-0.1, -0.05) is 36.8 Å². The van der Waals surface area contributed by atoms with Gasteiger partial charge in [0.05, 0.1) is 5.25 Å². The summed E-state index contributed by atoms with van der Waals surface area (Å²) in [4.78, 5) is 0. The Morgan fingerprint density at radius 3 is 2.80 bits per heavy atom. The third-order valence-corrected chi connectivity index (χ3v) is 4.94. The predicted molar refractivity (Wildman–Crippen MR) is 80.7 cm³/mol. The molecule has 0 spiro atoms. The third kappa shape index (κ3) is 2.88. The molecule has 0 bridgehead atoms. The van der Waals surface area contributed by atoms with E-state index in [2.05, 4.69) is 27.6 Å². The molecule has 3 rings (SSSR count). The van der Waals surface area contributed by atoms with Crippen molar-refractivity contribution in [1.29, 1.82) is 0 Å². The van der Waals surface area contributed by atoms with Crippen LogP contribution in [0.2, 0.25) is 0 Å². The molecule has 1 fully saturated rings. The van der Waals surface area contributed by atoms with E-state index in [-0.39, 0.29) is 6.04 Å². The molecule has 0 saturated carbocycles. The van der Waals surface area contributed by atoms with Gasteiger partial charge in [-0.2, -0.15) is 0 Å². The summed E-state index contributed by atoms with van der Waals surface area (Å²) in [5.41, 5.74) is 1.14. The van der Waals surface area contributed by atoms with Crippen molar-refractivity contribution < 1.29 is 4.42 Å². The molecule has 2 atom stereocenters. The van der Waals surface area contributed by atoms with E-state index in [9.17, 15) is 0 Å². The Morgan fingerprint density at radius 1 is 1.25 bits per heavy atom. The van der Waals surface area contributed by atoms with Crippen LogP contribution in [0.1, 0.15) is 47.9 Å². The van der Waals surface area contributed by atoms with Gasteiger partial charge in [-0.25, -0.2) is 0 Å². The minimum Gasteiger partial charge on any atom is -0.422 e. The molecule has 1 aliphatic rings. The average Bonchev–Trinajstić information content (AvgIpc) is 3.00. The quantitative estimate of drug-likeness (QED) is 0.935. The van der Waals surface area contributed by atoms with Crippen molar-refractivity contribution in [2.45, 2.75) is 30.6 Å². The maximum atomic E-state index is 5.93. The molecule has 20 heavy (non-hydrogen) atoms. The van der Waals surface area contributed by atoms with Gasteiger partial charge in [0.2, 0.25) is 11.8 Å². The molecular weight excluding hydrogens is 270 g/mol. The smallest absolute Gasteiger partial charge is 0.237 e. The lowest BCUT2D eigenvalue weighted by atomic mass is 10.1. The standard InChI is InChI=1S/C15H19N3OS/c1-16-13(11-7-3-2-4-8-11)15-18-17-14(19-15)12-9-5-6-10-20-12/h2-4,7-8,12-13,16H,5-6,9-10H2,1H3. The lowest BCUT2D eigenvalue weighted by Gasteiger charge is -2.17. The molecular formula is C15H19N3OS.